The van der Waals surface area contributed by atoms with Gasteiger partial charge in [-0.1, -0.05) is 11.4 Å². The van der Waals surface area contributed by atoms with Crippen molar-refractivity contribution in [2.75, 3.05) is 5.32 Å². The average Bonchev–Trinajstić information content (AvgIpc) is 2.56. The van der Waals surface area contributed by atoms with Gasteiger partial charge in [0.25, 0.3) is 0 Å². The van der Waals surface area contributed by atoms with E-state index in [-0.39, 0.29) is 11.9 Å². The van der Waals surface area contributed by atoms with Gasteiger partial charge in [-0.15, -0.1) is 5.10 Å². The van der Waals surface area contributed by atoms with E-state index in [0.29, 0.717) is 11.4 Å². The predicted octanol–water partition coefficient (Wildman–Crippen LogP) is 0.604. The van der Waals surface area contributed by atoms with E-state index in [9.17, 15) is 4.79 Å². The number of anilines is 1. The number of nitrogens with one attached hydrogen (secondary N) is 1. The highest BCUT2D eigenvalue weighted by molar-refractivity contribution is 7.10. The van der Waals surface area contributed by atoms with Crippen molar-refractivity contribution in [2.45, 2.75) is 25.8 Å². The lowest BCUT2D eigenvalue weighted by atomic mass is 10.1. The van der Waals surface area contributed by atoms with E-state index in [1.807, 2.05) is 6.92 Å². The molecule has 1 unspecified atom stereocenters. The van der Waals surface area contributed by atoms with Crippen molar-refractivity contribution >= 4 is 22.4 Å². The summed E-state index contributed by atoms with van der Waals surface area (Å²) in [5.74, 6) is -0.0830. The van der Waals surface area contributed by atoms with Crippen LogP contribution in [0.15, 0.2) is 6.20 Å². The Morgan fingerprint density at radius 3 is 3.15 bits per heavy atom. The number of hydrogen-bond donors (Lipinski definition) is 2. The van der Waals surface area contributed by atoms with Crippen LogP contribution in [-0.2, 0) is 4.79 Å². The topological polar surface area (TPSA) is 80.9 Å². The average molecular weight is 200 g/mol. The van der Waals surface area contributed by atoms with Gasteiger partial charge < -0.3 is 11.1 Å². The lowest BCUT2D eigenvalue weighted by molar-refractivity contribution is -0.116. The Morgan fingerprint density at radius 2 is 2.62 bits per heavy atom. The van der Waals surface area contributed by atoms with Crippen molar-refractivity contribution in [3.8, 4) is 0 Å². The standard InChI is InChI=1S/C7H12N4OS/c1-2-5(8)3-6(12)10-7-4-9-11-13-7/h4-5H,2-3,8H2,1H3,(H,10,12). The zero-order valence-electron chi connectivity index (χ0n) is 7.36. The van der Waals surface area contributed by atoms with E-state index in [2.05, 4.69) is 14.9 Å². The summed E-state index contributed by atoms with van der Waals surface area (Å²) in [5, 5.41) is 6.92. The summed E-state index contributed by atoms with van der Waals surface area (Å²) in [6, 6.07) is -0.0686. The third-order valence-electron chi connectivity index (χ3n) is 1.60. The van der Waals surface area contributed by atoms with Crippen LogP contribution >= 0.6 is 11.5 Å². The minimum atomic E-state index is -0.0830. The molecule has 0 aliphatic rings. The zero-order valence-corrected chi connectivity index (χ0v) is 8.17. The highest BCUT2D eigenvalue weighted by Crippen LogP contribution is 2.09. The van der Waals surface area contributed by atoms with Gasteiger partial charge in [-0.25, -0.2) is 0 Å². The summed E-state index contributed by atoms with van der Waals surface area (Å²) in [4.78, 5) is 11.2. The smallest absolute Gasteiger partial charge is 0.226 e. The lowest BCUT2D eigenvalue weighted by Gasteiger charge is -2.06. The van der Waals surface area contributed by atoms with Crippen LogP contribution in [0.4, 0.5) is 5.00 Å². The van der Waals surface area contributed by atoms with Crippen LogP contribution in [0.25, 0.3) is 0 Å². The first-order valence-corrected chi connectivity index (χ1v) is 4.82. The molecule has 1 heterocycles. The highest BCUT2D eigenvalue weighted by atomic mass is 32.1. The second-order valence-corrected chi connectivity index (χ2v) is 3.49. The number of carbonyl (C=O) groups is 1. The Labute approximate surface area is 80.5 Å². The summed E-state index contributed by atoms with van der Waals surface area (Å²) < 4.78 is 3.62. The summed E-state index contributed by atoms with van der Waals surface area (Å²) in [7, 11) is 0. The summed E-state index contributed by atoms with van der Waals surface area (Å²) in [6.45, 7) is 1.95. The molecule has 0 bridgehead atoms. The Morgan fingerprint density at radius 1 is 1.85 bits per heavy atom. The molecule has 1 rings (SSSR count). The molecule has 0 aromatic carbocycles. The fourth-order valence-corrected chi connectivity index (χ4v) is 1.23. The van der Waals surface area contributed by atoms with Crippen LogP contribution < -0.4 is 11.1 Å². The molecule has 1 atom stereocenters. The molecule has 0 spiro atoms. The molecule has 1 aromatic heterocycles. The Bertz CT molecular complexity index is 261. The van der Waals surface area contributed by atoms with Crippen LogP contribution in [0.1, 0.15) is 19.8 Å². The van der Waals surface area contributed by atoms with Crippen molar-refractivity contribution in [3.63, 3.8) is 0 Å². The maximum absolute atomic E-state index is 11.2. The maximum Gasteiger partial charge on any atom is 0.226 e. The van der Waals surface area contributed by atoms with Crippen molar-refractivity contribution in [2.24, 2.45) is 5.73 Å². The van der Waals surface area contributed by atoms with Crippen LogP contribution in [0.2, 0.25) is 0 Å². The minimum Gasteiger partial charge on any atom is -0.327 e. The lowest BCUT2D eigenvalue weighted by Crippen LogP contribution is -2.26. The number of hydrogen-bond acceptors (Lipinski definition) is 5. The molecule has 1 amide bonds. The molecule has 72 valence electrons. The number of aromatic nitrogens is 2. The molecule has 0 saturated heterocycles. The van der Waals surface area contributed by atoms with E-state index >= 15 is 0 Å². The number of nitrogens with zero attached hydrogens (tertiary/aromatic N) is 2. The van der Waals surface area contributed by atoms with Gasteiger partial charge in [0.1, 0.15) is 5.00 Å². The monoisotopic (exact) mass is 200 g/mol. The zero-order chi connectivity index (χ0) is 9.68. The summed E-state index contributed by atoms with van der Waals surface area (Å²) in [5.41, 5.74) is 5.61. The number of nitrogens with two attached hydrogens (primary N) is 1. The fourth-order valence-electron chi connectivity index (χ4n) is 0.793. The highest BCUT2D eigenvalue weighted by Gasteiger charge is 2.08. The number of rotatable bonds is 4. The molecule has 1 aromatic rings. The van der Waals surface area contributed by atoms with Gasteiger partial charge in [0.2, 0.25) is 5.91 Å². The van der Waals surface area contributed by atoms with Gasteiger partial charge in [0, 0.05) is 24.0 Å². The molecule has 13 heavy (non-hydrogen) atoms. The van der Waals surface area contributed by atoms with E-state index < -0.39 is 0 Å². The fraction of sp³-hybridized carbons (Fsp3) is 0.571. The van der Waals surface area contributed by atoms with E-state index in [0.717, 1.165) is 18.0 Å². The maximum atomic E-state index is 11.2. The van der Waals surface area contributed by atoms with Crippen LogP contribution in [0, 0.1) is 0 Å². The molecule has 0 aliphatic heterocycles. The molecule has 6 heteroatoms. The first-order valence-electron chi connectivity index (χ1n) is 4.05. The number of carbonyl (C=O) groups excluding carboxylic acids is 1. The van der Waals surface area contributed by atoms with Gasteiger partial charge >= 0.3 is 0 Å². The van der Waals surface area contributed by atoms with Gasteiger partial charge in [-0.3, -0.25) is 4.79 Å². The van der Waals surface area contributed by atoms with Crippen LogP contribution in [0.5, 0.6) is 0 Å². The minimum absolute atomic E-state index is 0.0686. The molecular weight excluding hydrogens is 188 g/mol. The van der Waals surface area contributed by atoms with Crippen molar-refractivity contribution in [1.82, 2.24) is 9.59 Å². The van der Waals surface area contributed by atoms with Gasteiger partial charge in [0.15, 0.2) is 0 Å². The van der Waals surface area contributed by atoms with Gasteiger partial charge in [0.05, 0.1) is 6.20 Å². The normalized spacial score (nSPS) is 12.5. The van der Waals surface area contributed by atoms with Crippen molar-refractivity contribution in [3.05, 3.63) is 6.20 Å². The quantitative estimate of drug-likeness (QED) is 0.746. The molecule has 0 radical (unpaired) electrons. The molecule has 0 aliphatic carbocycles. The van der Waals surface area contributed by atoms with E-state index in [4.69, 9.17) is 5.73 Å². The molecular formula is C7H12N4OS. The summed E-state index contributed by atoms with van der Waals surface area (Å²) >= 11 is 1.15. The molecule has 5 nitrogen and oxygen atoms in total. The SMILES string of the molecule is CCC(N)CC(=O)Nc1cnns1. The van der Waals surface area contributed by atoms with Crippen molar-refractivity contribution in [1.29, 1.82) is 0 Å². The first-order chi connectivity index (χ1) is 6.22. The van der Waals surface area contributed by atoms with Crippen LogP contribution in [0.3, 0.4) is 0 Å². The van der Waals surface area contributed by atoms with Gasteiger partial charge in [-0.2, -0.15) is 0 Å². The predicted molar refractivity (Wildman–Crippen MR) is 51.4 cm³/mol. The second kappa shape index (κ2) is 4.88. The first kappa shape index (κ1) is 10.1. The molecule has 0 fully saturated rings. The Hall–Kier alpha value is -1.01. The van der Waals surface area contributed by atoms with Crippen LogP contribution in [-0.4, -0.2) is 21.5 Å². The Kier molecular flexibility index (Phi) is 3.78. The molecule has 0 saturated carbocycles. The third kappa shape index (κ3) is 3.47. The van der Waals surface area contributed by atoms with E-state index in [1.165, 1.54) is 6.20 Å². The van der Waals surface area contributed by atoms with Gasteiger partial charge in [-0.05, 0) is 6.42 Å². The second-order valence-electron chi connectivity index (χ2n) is 2.70. The van der Waals surface area contributed by atoms with E-state index in [1.54, 1.807) is 0 Å². The number of amides is 1. The molecule has 3 N–H and O–H groups in total. The van der Waals surface area contributed by atoms with Crippen molar-refractivity contribution < 1.29 is 4.79 Å². The largest absolute Gasteiger partial charge is 0.327 e. The Balaban J connectivity index is 2.34. The third-order valence-corrected chi connectivity index (χ3v) is 2.18. The summed E-state index contributed by atoms with van der Waals surface area (Å²) in [6.07, 6.45) is 2.66.